The van der Waals surface area contributed by atoms with E-state index in [9.17, 15) is 73.4 Å². The van der Waals surface area contributed by atoms with Crippen LogP contribution in [0, 0.1) is 11.8 Å². The highest BCUT2D eigenvalue weighted by Crippen LogP contribution is 2.13. The Kier molecular flexibility index (Phi) is 26.0. The molecule has 10 amide bonds. The van der Waals surface area contributed by atoms with Crippen LogP contribution >= 0.6 is 0 Å². The second-order valence-corrected chi connectivity index (χ2v) is 16.7. The Labute approximate surface area is 403 Å². The van der Waals surface area contributed by atoms with Gasteiger partial charge in [-0.1, -0.05) is 13.0 Å². The summed E-state index contributed by atoms with van der Waals surface area (Å²) in [5.74, 6) is -13.3. The highest BCUT2D eigenvalue weighted by molar-refractivity contribution is 6.01. The maximum atomic E-state index is 13.6. The molecule has 10 atom stereocenters. The maximum absolute atomic E-state index is 13.6. The largest absolute Gasteiger partial charge is 0.481 e. The summed E-state index contributed by atoms with van der Waals surface area (Å²) in [7, 11) is 0. The third-order valence-corrected chi connectivity index (χ3v) is 10.8. The number of nitrogens with two attached hydrogens (primary N) is 3. The van der Waals surface area contributed by atoms with Crippen LogP contribution in [0.3, 0.4) is 0 Å². The smallest absolute Gasteiger partial charge is 0.308 e. The Morgan fingerprint density at radius 1 is 0.814 bits per heavy atom. The van der Waals surface area contributed by atoms with E-state index < -0.39 is 138 Å². The molecule has 1 rings (SSSR count). The van der Waals surface area contributed by atoms with Crippen molar-refractivity contribution in [1.82, 2.24) is 52.7 Å². The number of aliphatic carboxylic acids is 1. The lowest BCUT2D eigenvalue weighted by molar-refractivity contribution is -0.173. The molecule has 0 aromatic rings. The lowest BCUT2D eigenvalue weighted by atomic mass is 9.96. The number of amides is 10. The zero-order valence-corrected chi connectivity index (χ0v) is 40.3. The Morgan fingerprint density at radius 3 is 1.97 bits per heavy atom. The minimum absolute atomic E-state index is 0.0279. The normalized spacial score (nSPS) is 17.5. The van der Waals surface area contributed by atoms with E-state index in [0.717, 1.165) is 19.9 Å². The number of carbonyl (C=O) groups excluding carboxylic acids is 10. The summed E-state index contributed by atoms with van der Waals surface area (Å²) in [6, 6.07) is -9.15. The molecule has 394 valence electrons. The number of carboxylic acid groups (broad SMARTS) is 1. The molecule has 0 spiro atoms. The number of hydrogen-bond acceptors (Lipinski definition) is 16. The third kappa shape index (κ3) is 20.7. The van der Waals surface area contributed by atoms with E-state index in [1.165, 1.54) is 34.6 Å². The summed E-state index contributed by atoms with van der Waals surface area (Å²) in [5, 5.41) is 59.2. The fraction of sp³-hybridized carbons (Fsp3) is 0.659. The average Bonchev–Trinajstić information content (AvgIpc) is 3.29. The molecule has 0 aromatic carbocycles. The highest BCUT2D eigenvalue weighted by Gasteiger charge is 2.37. The Bertz CT molecular complexity index is 1960. The number of nitrogens with one attached hydrogen (secondary N) is 8. The van der Waals surface area contributed by atoms with Crippen LogP contribution in [-0.4, -0.2) is 176 Å². The van der Waals surface area contributed by atoms with Crippen LogP contribution in [0.4, 0.5) is 0 Å². The number of piperidine rings is 1. The van der Waals surface area contributed by atoms with Gasteiger partial charge in [0.1, 0.15) is 41.9 Å². The standard InChI is InChI=1S/C41H70N14O15/c1-8-25(49-29(57)18-46-33(60)22(5)48-38(65)30(19(2)40(67)68)53-32(59)20(3)31(58)21(4)42)35(62)51-27(13-10-16-54(69)24(7)56)36(63)47-23(6)34(61)50-26(12-9-15-45-41(43)44)37(64)52-28-14-11-17-55(70)39(28)66/h8,19-23,26-28,30-31,58,69-70H,9-18,42H2,1-7H3,(H,46,60)(H,47,63)(H,48,65)(H,49,57)(H,50,61)(H,51,62)(H,52,64)(H,53,59)(H,67,68)(H4,43,44,45)/b25-8+. The van der Waals surface area contributed by atoms with Crippen LogP contribution in [-0.2, 0) is 52.7 Å². The van der Waals surface area contributed by atoms with Crippen LogP contribution in [0.2, 0.25) is 0 Å². The number of allylic oxidation sites excluding steroid dienone is 1. The summed E-state index contributed by atoms with van der Waals surface area (Å²) in [5.41, 5.74) is 16.0. The molecule has 0 bridgehead atoms. The molecule has 1 heterocycles. The molecule has 0 saturated carbocycles. The number of carboxylic acids is 1. The van der Waals surface area contributed by atoms with Crippen LogP contribution in [0.15, 0.2) is 16.8 Å². The van der Waals surface area contributed by atoms with Gasteiger partial charge in [0.2, 0.25) is 47.3 Å². The van der Waals surface area contributed by atoms with E-state index in [1.54, 1.807) is 0 Å². The summed E-state index contributed by atoms with van der Waals surface area (Å²) in [4.78, 5) is 145. The van der Waals surface area contributed by atoms with Gasteiger partial charge in [-0.3, -0.25) is 68.1 Å². The van der Waals surface area contributed by atoms with Gasteiger partial charge < -0.3 is 69.9 Å². The van der Waals surface area contributed by atoms with Crippen LogP contribution in [0.25, 0.3) is 0 Å². The first kappa shape index (κ1) is 61.0. The van der Waals surface area contributed by atoms with Gasteiger partial charge >= 0.3 is 5.97 Å². The van der Waals surface area contributed by atoms with E-state index in [2.05, 4.69) is 47.5 Å². The SMILES string of the molecule is C/C=C(/NC(=O)CNC(=O)C(C)NC(=O)C(NC(=O)C(C)C(O)C(C)N)C(C)C(=O)O)C(=O)NC(CCCN(O)C(C)=O)C(=O)NC(C)C(=O)NC(CCCN=C(N)N)C(=O)NC1CCCN(O)C1=O. The number of guanidine groups is 1. The van der Waals surface area contributed by atoms with Crippen molar-refractivity contribution in [1.29, 1.82) is 0 Å². The van der Waals surface area contributed by atoms with Gasteiger partial charge in [0, 0.05) is 32.6 Å². The second-order valence-electron chi connectivity index (χ2n) is 16.7. The first-order valence-corrected chi connectivity index (χ1v) is 22.4. The predicted octanol–water partition coefficient (Wildman–Crippen LogP) is -5.78. The highest BCUT2D eigenvalue weighted by atomic mass is 16.5. The minimum Gasteiger partial charge on any atom is -0.481 e. The second kappa shape index (κ2) is 29.8. The van der Waals surface area contributed by atoms with Crippen molar-refractivity contribution in [3.8, 4) is 0 Å². The molecule has 0 aromatic heterocycles. The lowest BCUT2D eigenvalue weighted by Gasteiger charge is -2.29. The molecule has 29 nitrogen and oxygen atoms in total. The van der Waals surface area contributed by atoms with Gasteiger partial charge in [-0.15, -0.1) is 0 Å². The van der Waals surface area contributed by atoms with E-state index >= 15 is 0 Å². The first-order valence-electron chi connectivity index (χ1n) is 22.4. The number of carbonyl (C=O) groups is 11. The van der Waals surface area contributed by atoms with Crippen molar-refractivity contribution in [2.45, 2.75) is 135 Å². The van der Waals surface area contributed by atoms with Crippen LogP contribution in [0.5, 0.6) is 0 Å². The van der Waals surface area contributed by atoms with Gasteiger partial charge in [0.15, 0.2) is 5.96 Å². The summed E-state index contributed by atoms with van der Waals surface area (Å²) >= 11 is 0. The average molecular weight is 999 g/mol. The van der Waals surface area contributed by atoms with Gasteiger partial charge in [0.25, 0.3) is 11.8 Å². The monoisotopic (exact) mass is 999 g/mol. The third-order valence-electron chi connectivity index (χ3n) is 10.8. The Morgan fingerprint density at radius 2 is 1.40 bits per heavy atom. The van der Waals surface area contributed by atoms with Gasteiger partial charge in [-0.25, -0.2) is 10.1 Å². The Hall–Kier alpha value is -6.98. The molecule has 1 fully saturated rings. The molecule has 18 N–H and O–H groups in total. The molecule has 29 heteroatoms. The molecule has 10 unspecified atom stereocenters. The topological polar surface area (TPSA) is 462 Å². The van der Waals surface area contributed by atoms with Crippen molar-refractivity contribution >= 4 is 71.0 Å². The molecule has 1 saturated heterocycles. The Balaban J connectivity index is 3.09. The van der Waals surface area contributed by atoms with Crippen molar-refractivity contribution in [2.75, 3.05) is 26.2 Å². The number of hydrogen-bond donors (Lipinski definition) is 15. The lowest BCUT2D eigenvalue weighted by Crippen LogP contribution is -2.58. The van der Waals surface area contributed by atoms with Crippen LogP contribution in [0.1, 0.15) is 87.0 Å². The fourth-order valence-corrected chi connectivity index (χ4v) is 6.42. The summed E-state index contributed by atoms with van der Waals surface area (Å²) in [6.45, 7) is 7.87. The van der Waals surface area contributed by atoms with E-state index in [0.29, 0.717) is 16.5 Å². The molecule has 1 aliphatic rings. The van der Waals surface area contributed by atoms with Crippen molar-refractivity contribution < 1.29 is 73.4 Å². The zero-order valence-electron chi connectivity index (χ0n) is 40.3. The van der Waals surface area contributed by atoms with Gasteiger partial charge in [-0.2, -0.15) is 0 Å². The summed E-state index contributed by atoms with van der Waals surface area (Å²) < 4.78 is 0. The first-order chi connectivity index (χ1) is 32.6. The van der Waals surface area contributed by atoms with E-state index in [4.69, 9.17) is 17.2 Å². The quantitative estimate of drug-likeness (QED) is 0.00867. The molecule has 70 heavy (non-hydrogen) atoms. The molecule has 1 aliphatic heterocycles. The number of rotatable bonds is 28. The molecule has 0 radical (unpaired) electrons. The van der Waals surface area contributed by atoms with E-state index in [-0.39, 0.29) is 57.7 Å². The minimum atomic E-state index is -1.70. The van der Waals surface area contributed by atoms with Crippen molar-refractivity contribution in [2.24, 2.45) is 34.0 Å². The number of nitrogens with zero attached hydrogens (tertiary/aromatic N) is 3. The van der Waals surface area contributed by atoms with Crippen molar-refractivity contribution in [3.05, 3.63) is 11.8 Å². The van der Waals surface area contributed by atoms with Gasteiger partial charge in [0.05, 0.1) is 24.5 Å². The molecular weight excluding hydrogens is 929 g/mol. The number of aliphatic hydroxyl groups excluding tert-OH is 1. The van der Waals surface area contributed by atoms with Crippen molar-refractivity contribution in [3.63, 3.8) is 0 Å². The fourth-order valence-electron chi connectivity index (χ4n) is 6.42. The number of aliphatic hydroxyl groups is 1. The van der Waals surface area contributed by atoms with Gasteiger partial charge in [-0.05, 0) is 73.1 Å². The number of hydroxylamine groups is 4. The summed E-state index contributed by atoms with van der Waals surface area (Å²) in [6.07, 6.45) is 0.273. The molecule has 0 aliphatic carbocycles. The molecular formula is C41H70N14O15. The maximum Gasteiger partial charge on any atom is 0.308 e. The van der Waals surface area contributed by atoms with E-state index in [1.807, 2.05) is 0 Å². The van der Waals surface area contributed by atoms with Crippen LogP contribution < -0.4 is 59.7 Å². The predicted molar refractivity (Wildman–Crippen MR) is 245 cm³/mol. The zero-order chi connectivity index (χ0) is 53.6. The number of aliphatic imine (C=N–C) groups is 1.